The van der Waals surface area contributed by atoms with Crippen LogP contribution in [0.4, 0.5) is 23.2 Å². The number of halogens is 4. The molecule has 0 N–H and O–H groups in total. The van der Waals surface area contributed by atoms with Crippen LogP contribution in [0.3, 0.4) is 0 Å². The van der Waals surface area contributed by atoms with Gasteiger partial charge in [-0.15, -0.1) is 0 Å². The van der Waals surface area contributed by atoms with Crippen LogP contribution in [-0.4, -0.2) is 43.4 Å². The topological polar surface area (TPSA) is 51.7 Å². The quantitative estimate of drug-likeness (QED) is 0.292. The Morgan fingerprint density at radius 3 is 2.17 bits per heavy atom. The van der Waals surface area contributed by atoms with Crippen LogP contribution in [0.5, 0.6) is 0 Å². The molecule has 1 aromatic heterocycles. The molecule has 7 fully saturated rings. The van der Waals surface area contributed by atoms with Crippen LogP contribution in [-0.2, 0) is 25.7 Å². The van der Waals surface area contributed by atoms with Crippen molar-refractivity contribution in [2.45, 2.75) is 88.9 Å². The molecule has 42 heavy (non-hydrogen) atoms. The maximum Gasteiger partial charge on any atom is 0.493 e. The lowest BCUT2D eigenvalue weighted by Crippen LogP contribution is -2.71. The van der Waals surface area contributed by atoms with E-state index in [2.05, 4.69) is 18.8 Å². The SMILES string of the molecule is CC1(C)COB(c2cccc(N(CC34CCC(c5ccc(C(F)(F)F)cn5)(CC3)CC4)C(=O)C34CC(F)(C3)C4)c2)OC1. The smallest absolute Gasteiger partial charge is 0.407 e. The third-order valence-electron chi connectivity index (χ3n) is 10.9. The summed E-state index contributed by atoms with van der Waals surface area (Å²) in [5.41, 5.74) is -0.516. The highest BCUT2D eigenvalue weighted by Gasteiger charge is 2.73. The molecule has 1 aliphatic heterocycles. The first-order valence-electron chi connectivity index (χ1n) is 15.1. The van der Waals surface area contributed by atoms with Crippen molar-refractivity contribution in [3.63, 3.8) is 0 Å². The minimum absolute atomic E-state index is 0.00646. The van der Waals surface area contributed by atoms with Gasteiger partial charge in [0.15, 0.2) is 0 Å². The zero-order valence-corrected chi connectivity index (χ0v) is 24.2. The first kappa shape index (κ1) is 28.3. The van der Waals surface area contributed by atoms with Gasteiger partial charge in [0, 0.05) is 48.2 Å². The summed E-state index contributed by atoms with van der Waals surface area (Å²) in [5, 5.41) is 0. The van der Waals surface area contributed by atoms with E-state index in [4.69, 9.17) is 9.31 Å². The number of rotatable bonds is 6. The number of hydrogen-bond donors (Lipinski definition) is 0. The number of carbonyl (C=O) groups excluding carboxylic acids is 1. The molecular weight excluding hydrogens is 547 g/mol. The molecular formula is C32H37BF4N2O3. The number of benzene rings is 1. The normalized spacial score (nSPS) is 34.9. The minimum atomic E-state index is -4.40. The van der Waals surface area contributed by atoms with E-state index in [1.54, 1.807) is 6.07 Å². The van der Waals surface area contributed by atoms with Gasteiger partial charge in [0.05, 0.1) is 11.0 Å². The molecule has 1 amide bonds. The first-order valence-corrected chi connectivity index (χ1v) is 15.1. The highest BCUT2D eigenvalue weighted by molar-refractivity contribution is 6.61. The average molecular weight is 584 g/mol. The summed E-state index contributed by atoms with van der Waals surface area (Å²) >= 11 is 0. The Labute approximate surface area is 244 Å². The van der Waals surface area contributed by atoms with Crippen molar-refractivity contribution in [2.24, 2.45) is 16.2 Å². The maximum absolute atomic E-state index is 14.5. The van der Waals surface area contributed by atoms with Crippen LogP contribution in [0.2, 0.25) is 0 Å². The molecule has 2 heterocycles. The number of amides is 1. The van der Waals surface area contributed by atoms with Crippen molar-refractivity contribution in [1.82, 2.24) is 4.98 Å². The fraction of sp³-hybridized carbons (Fsp3) is 0.625. The van der Waals surface area contributed by atoms with E-state index in [-0.39, 0.29) is 22.2 Å². The summed E-state index contributed by atoms with van der Waals surface area (Å²) in [6.45, 7) is 5.89. The highest BCUT2D eigenvalue weighted by Crippen LogP contribution is 2.70. The van der Waals surface area contributed by atoms with Gasteiger partial charge in [-0.2, -0.15) is 13.2 Å². The van der Waals surface area contributed by atoms with E-state index in [0.29, 0.717) is 39.0 Å². The predicted octanol–water partition coefficient (Wildman–Crippen LogP) is 6.39. The molecule has 0 spiro atoms. The van der Waals surface area contributed by atoms with E-state index < -0.39 is 29.9 Å². The summed E-state index contributed by atoms with van der Waals surface area (Å²) in [4.78, 5) is 20.3. The molecule has 7 aliphatic rings. The Morgan fingerprint density at radius 1 is 0.976 bits per heavy atom. The van der Waals surface area contributed by atoms with Crippen molar-refractivity contribution >= 4 is 24.2 Å². The van der Waals surface area contributed by atoms with Gasteiger partial charge in [-0.25, -0.2) is 4.39 Å². The second kappa shape index (κ2) is 9.27. The van der Waals surface area contributed by atoms with Crippen LogP contribution in [0.1, 0.15) is 82.9 Å². The largest absolute Gasteiger partial charge is 0.493 e. The molecule has 1 aromatic carbocycles. The van der Waals surface area contributed by atoms with E-state index in [0.717, 1.165) is 67.6 Å². The molecule has 0 atom stereocenters. The third kappa shape index (κ3) is 4.68. The van der Waals surface area contributed by atoms with E-state index in [9.17, 15) is 22.4 Å². The van der Waals surface area contributed by atoms with Crippen LogP contribution < -0.4 is 10.4 Å². The Bertz CT molecular complexity index is 1340. The number of aromatic nitrogens is 1. The number of nitrogens with zero attached hydrogens (tertiary/aromatic N) is 2. The fourth-order valence-electron chi connectivity index (χ4n) is 8.28. The molecule has 6 aliphatic carbocycles. The van der Waals surface area contributed by atoms with Crippen LogP contribution in [0, 0.1) is 16.2 Å². The predicted molar refractivity (Wildman–Crippen MR) is 151 cm³/mol. The van der Waals surface area contributed by atoms with Gasteiger partial charge in [-0.3, -0.25) is 9.78 Å². The molecule has 6 saturated carbocycles. The minimum Gasteiger partial charge on any atom is -0.407 e. The number of fused-ring (bicyclic) bond motifs is 3. The van der Waals surface area contributed by atoms with Crippen molar-refractivity contribution in [3.8, 4) is 0 Å². The van der Waals surface area contributed by atoms with Crippen molar-refractivity contribution in [3.05, 3.63) is 53.9 Å². The number of anilines is 1. The molecule has 2 aromatic rings. The molecule has 5 nitrogen and oxygen atoms in total. The molecule has 0 radical (unpaired) electrons. The molecule has 1 saturated heterocycles. The van der Waals surface area contributed by atoms with E-state index >= 15 is 0 Å². The summed E-state index contributed by atoms with van der Waals surface area (Å²) in [7, 11) is -0.502. The molecule has 0 unspecified atom stereocenters. The van der Waals surface area contributed by atoms with Crippen molar-refractivity contribution < 1.29 is 31.7 Å². The molecule has 4 bridgehead atoms. The Morgan fingerprint density at radius 2 is 1.62 bits per heavy atom. The standard InChI is InChI=1S/C32H37BF4N2O3/c1-27(2)20-41-33(42-21-27)23-4-3-5-24(14-23)39(26(40)30-16-31(34,17-30)18-30)19-28-8-11-29(12-9-28,13-10-28)25-7-6-22(15-38-25)32(35,36)37/h3-7,14-15H,8-13,16-21H2,1-2H3. The first-order chi connectivity index (χ1) is 19.7. The lowest BCUT2D eigenvalue weighted by molar-refractivity contribution is -0.211. The second-order valence-corrected chi connectivity index (χ2v) is 14.8. The van der Waals surface area contributed by atoms with E-state index in [1.165, 1.54) is 0 Å². The summed E-state index contributed by atoms with van der Waals surface area (Å²) in [6, 6.07) is 10.5. The lowest BCUT2D eigenvalue weighted by atomic mass is 9.41. The van der Waals surface area contributed by atoms with Crippen molar-refractivity contribution in [2.75, 3.05) is 24.7 Å². The number of alkyl halides is 4. The molecule has 9 rings (SSSR count). The van der Waals surface area contributed by atoms with Crippen LogP contribution >= 0.6 is 0 Å². The summed E-state index contributed by atoms with van der Waals surface area (Å²) in [6.07, 6.45) is 2.52. The van der Waals surface area contributed by atoms with Gasteiger partial charge in [0.2, 0.25) is 5.91 Å². The zero-order valence-electron chi connectivity index (χ0n) is 24.2. The summed E-state index contributed by atoms with van der Waals surface area (Å²) in [5.74, 6) is 0.00646. The second-order valence-electron chi connectivity index (χ2n) is 14.8. The number of pyridine rings is 1. The maximum atomic E-state index is 14.5. The zero-order chi connectivity index (χ0) is 29.6. The van der Waals surface area contributed by atoms with Crippen LogP contribution in [0.15, 0.2) is 42.6 Å². The Hall–Kier alpha value is -2.46. The molecule has 224 valence electrons. The Balaban J connectivity index is 1.12. The van der Waals surface area contributed by atoms with Crippen LogP contribution in [0.25, 0.3) is 0 Å². The number of hydrogen-bond acceptors (Lipinski definition) is 4. The van der Waals surface area contributed by atoms with Crippen molar-refractivity contribution in [1.29, 1.82) is 0 Å². The van der Waals surface area contributed by atoms with Gasteiger partial charge >= 0.3 is 13.3 Å². The van der Waals surface area contributed by atoms with E-state index in [1.807, 2.05) is 29.2 Å². The molecule has 10 heteroatoms. The average Bonchev–Trinajstić information content (AvgIpc) is 2.94. The lowest BCUT2D eigenvalue weighted by Gasteiger charge is -2.65. The van der Waals surface area contributed by atoms with Gasteiger partial charge in [0.25, 0.3) is 0 Å². The van der Waals surface area contributed by atoms with Gasteiger partial charge < -0.3 is 14.2 Å². The Kier molecular flexibility index (Phi) is 6.25. The third-order valence-corrected chi connectivity index (χ3v) is 10.9. The number of carbonyl (C=O) groups is 1. The van der Waals surface area contributed by atoms with Gasteiger partial charge in [-0.1, -0.05) is 26.0 Å². The fourth-order valence-corrected chi connectivity index (χ4v) is 8.28. The van der Waals surface area contributed by atoms with Gasteiger partial charge in [-0.05, 0) is 92.9 Å². The van der Waals surface area contributed by atoms with Gasteiger partial charge in [0.1, 0.15) is 5.67 Å². The summed E-state index contributed by atoms with van der Waals surface area (Å²) < 4.78 is 65.9. The highest BCUT2D eigenvalue weighted by atomic mass is 19.4. The monoisotopic (exact) mass is 584 g/mol.